The van der Waals surface area contributed by atoms with Crippen molar-refractivity contribution in [3.05, 3.63) is 13.8 Å². The first-order valence-corrected chi connectivity index (χ1v) is 5.46. The van der Waals surface area contributed by atoms with Crippen molar-refractivity contribution in [2.45, 2.75) is 53.4 Å². The van der Waals surface area contributed by atoms with Crippen molar-refractivity contribution < 1.29 is 52.0 Å². The number of aliphatic hydroxyl groups is 2. The molecule has 0 aromatic carbocycles. The molecule has 0 aliphatic heterocycles. The number of hydrogen-bond donors (Lipinski definition) is 2. The fourth-order valence-corrected chi connectivity index (χ4v) is 0. The standard InChI is InChI=1S/2C4H9.2C2H6O.Ce/c2*1-3-4-2;2*1-2-3;/h2*1,3-4H2,2H3;2*3H,2H2,1H3;/q2*-1;;;. The van der Waals surface area contributed by atoms with E-state index in [0.29, 0.717) is 0 Å². The monoisotopic (exact) mass is 346 g/mol. The van der Waals surface area contributed by atoms with E-state index >= 15 is 0 Å². The minimum absolute atomic E-state index is 0. The van der Waals surface area contributed by atoms with Crippen LogP contribution in [0.25, 0.3) is 0 Å². The third kappa shape index (κ3) is 249. The molecule has 2 nitrogen and oxygen atoms in total. The SMILES string of the molecule is CCO.CCO.[CH2-]CCC.[CH2-]CCC.[Ce]. The second kappa shape index (κ2) is 58.7. The van der Waals surface area contributed by atoms with Gasteiger partial charge in [0, 0.05) is 55.0 Å². The van der Waals surface area contributed by atoms with Gasteiger partial charge in [-0.25, -0.2) is 0 Å². The quantitative estimate of drug-likeness (QED) is 0.754. The van der Waals surface area contributed by atoms with Crippen molar-refractivity contribution in [1.29, 1.82) is 0 Å². The molecule has 0 amide bonds. The second-order valence-electron chi connectivity index (χ2n) is 2.34. The number of rotatable bonds is 2. The Hall–Kier alpha value is 1.30. The van der Waals surface area contributed by atoms with E-state index in [1.54, 1.807) is 13.8 Å². The number of unbranched alkanes of at least 4 members (excludes halogenated alkanes) is 2. The zero-order valence-corrected chi connectivity index (χ0v) is 14.2. The molecule has 0 atom stereocenters. The zero-order valence-electron chi connectivity index (χ0n) is 11.1. The summed E-state index contributed by atoms with van der Waals surface area (Å²) >= 11 is 0. The van der Waals surface area contributed by atoms with Gasteiger partial charge in [0.15, 0.2) is 0 Å². The molecule has 0 spiro atoms. The maximum atomic E-state index is 7.57. The van der Waals surface area contributed by atoms with Gasteiger partial charge in [-0.05, 0) is 13.8 Å². The van der Waals surface area contributed by atoms with Gasteiger partial charge in [0.2, 0.25) is 0 Å². The molecule has 0 unspecified atom stereocenters. The topological polar surface area (TPSA) is 40.5 Å². The minimum Gasteiger partial charge on any atom is -0.397 e. The van der Waals surface area contributed by atoms with Gasteiger partial charge in [-0.1, -0.05) is 26.7 Å². The zero-order chi connectivity index (χ0) is 12.2. The molecule has 0 saturated carbocycles. The molecule has 0 saturated heterocycles. The summed E-state index contributed by atoms with van der Waals surface area (Å²) in [6.45, 7) is 15.3. The van der Waals surface area contributed by atoms with Crippen LogP contribution in [0.5, 0.6) is 0 Å². The average Bonchev–Trinajstić information content (AvgIpc) is 2.20. The van der Waals surface area contributed by atoms with Crippen LogP contribution in [0.15, 0.2) is 0 Å². The second-order valence-corrected chi connectivity index (χ2v) is 2.34. The Labute approximate surface area is 131 Å². The first-order valence-electron chi connectivity index (χ1n) is 5.46. The van der Waals surface area contributed by atoms with E-state index in [2.05, 4.69) is 27.7 Å². The summed E-state index contributed by atoms with van der Waals surface area (Å²) < 4.78 is 0. The molecule has 2 N–H and O–H groups in total. The molecule has 15 heavy (non-hydrogen) atoms. The number of hydrogen-bond acceptors (Lipinski definition) is 2. The largest absolute Gasteiger partial charge is 0.397 e. The van der Waals surface area contributed by atoms with Crippen LogP contribution in [0, 0.1) is 55.6 Å². The first-order chi connectivity index (χ1) is 6.66. The van der Waals surface area contributed by atoms with E-state index in [9.17, 15) is 0 Å². The molecule has 0 rings (SSSR count). The van der Waals surface area contributed by atoms with E-state index in [1.165, 1.54) is 12.8 Å². The molecule has 0 fully saturated rings. The van der Waals surface area contributed by atoms with Crippen molar-refractivity contribution in [3.8, 4) is 0 Å². The van der Waals surface area contributed by atoms with Crippen molar-refractivity contribution >= 4 is 0 Å². The molecule has 0 aliphatic rings. The van der Waals surface area contributed by atoms with Crippen LogP contribution in [-0.4, -0.2) is 23.4 Å². The molecular weight excluding hydrogens is 316 g/mol. The van der Waals surface area contributed by atoms with E-state index in [1.807, 2.05) is 0 Å². The summed E-state index contributed by atoms with van der Waals surface area (Å²) in [6, 6.07) is 0. The van der Waals surface area contributed by atoms with Gasteiger partial charge >= 0.3 is 0 Å². The Kier molecular flexibility index (Phi) is 117. The Morgan fingerprint density at radius 1 is 0.733 bits per heavy atom. The Morgan fingerprint density at radius 3 is 0.800 bits per heavy atom. The molecular formula is C12H30CeO2-2. The van der Waals surface area contributed by atoms with Crippen LogP contribution < -0.4 is 0 Å². The number of aliphatic hydroxyl groups excluding tert-OH is 2. The molecule has 0 aromatic rings. The van der Waals surface area contributed by atoms with Crippen molar-refractivity contribution in [3.63, 3.8) is 0 Å². The maximum Gasteiger partial charge on any atom is 0.0402 e. The summed E-state index contributed by atoms with van der Waals surface area (Å²) in [5.74, 6) is 0. The molecule has 0 aliphatic carbocycles. The molecule has 0 bridgehead atoms. The molecule has 3 heteroatoms. The molecule has 0 radical (unpaired) electrons. The molecule has 96 valence electrons. The summed E-state index contributed by atoms with van der Waals surface area (Å²) in [7, 11) is 0. The van der Waals surface area contributed by atoms with Gasteiger partial charge in [0.25, 0.3) is 0 Å². The third-order valence-corrected chi connectivity index (χ3v) is 0.707. The summed E-state index contributed by atoms with van der Waals surface area (Å²) in [5.41, 5.74) is 0. The van der Waals surface area contributed by atoms with Crippen LogP contribution in [0.4, 0.5) is 0 Å². The van der Waals surface area contributed by atoms with E-state index < -0.39 is 0 Å². The van der Waals surface area contributed by atoms with Crippen LogP contribution in [0.3, 0.4) is 0 Å². The van der Waals surface area contributed by atoms with Gasteiger partial charge in [-0.15, -0.1) is 0 Å². The van der Waals surface area contributed by atoms with Crippen molar-refractivity contribution in [2.24, 2.45) is 0 Å². The van der Waals surface area contributed by atoms with Gasteiger partial charge in [-0.3, -0.25) is 0 Å². The van der Waals surface area contributed by atoms with E-state index in [0.717, 1.165) is 12.8 Å². The van der Waals surface area contributed by atoms with Crippen LogP contribution in [0.2, 0.25) is 0 Å². The Bertz CT molecular complexity index is 34.6. The van der Waals surface area contributed by atoms with Gasteiger partial charge in [0.05, 0.1) is 0 Å². The minimum atomic E-state index is 0. The third-order valence-electron chi connectivity index (χ3n) is 0.707. The van der Waals surface area contributed by atoms with Gasteiger partial charge < -0.3 is 24.1 Å². The van der Waals surface area contributed by atoms with Crippen LogP contribution in [-0.2, 0) is 0 Å². The van der Waals surface area contributed by atoms with Crippen LogP contribution >= 0.6 is 0 Å². The van der Waals surface area contributed by atoms with E-state index in [-0.39, 0.29) is 55.0 Å². The average molecular weight is 346 g/mol. The Morgan fingerprint density at radius 2 is 0.800 bits per heavy atom. The predicted octanol–water partition coefficient (Wildman–Crippen LogP) is 3.24. The van der Waals surface area contributed by atoms with E-state index in [4.69, 9.17) is 10.2 Å². The van der Waals surface area contributed by atoms with Crippen LogP contribution in [0.1, 0.15) is 53.4 Å². The normalized spacial score (nSPS) is 6.40. The smallest absolute Gasteiger partial charge is 0.0402 e. The summed E-state index contributed by atoms with van der Waals surface area (Å²) in [5, 5.41) is 15.1. The Balaban J connectivity index is -0.0000000293. The summed E-state index contributed by atoms with van der Waals surface area (Å²) in [4.78, 5) is 0. The first kappa shape index (κ1) is 29.9. The van der Waals surface area contributed by atoms with Crippen molar-refractivity contribution in [2.75, 3.05) is 13.2 Å². The fraction of sp³-hybridized carbons (Fsp3) is 0.833. The maximum absolute atomic E-state index is 7.57. The molecule has 0 heterocycles. The fourth-order valence-electron chi connectivity index (χ4n) is 0. The van der Waals surface area contributed by atoms with Crippen molar-refractivity contribution in [1.82, 2.24) is 0 Å². The van der Waals surface area contributed by atoms with Gasteiger partial charge in [-0.2, -0.15) is 12.8 Å². The summed E-state index contributed by atoms with van der Waals surface area (Å²) in [6.07, 6.45) is 4.56. The predicted molar refractivity (Wildman–Crippen MR) is 66.0 cm³/mol. The van der Waals surface area contributed by atoms with Gasteiger partial charge in [0.1, 0.15) is 0 Å². The molecule has 0 aromatic heterocycles.